The van der Waals surface area contributed by atoms with Gasteiger partial charge in [0.1, 0.15) is 0 Å². The fourth-order valence-corrected chi connectivity index (χ4v) is 2.90. The van der Waals surface area contributed by atoms with E-state index in [1.165, 1.54) is 24.4 Å². The van der Waals surface area contributed by atoms with Gasteiger partial charge in [-0.25, -0.2) is 4.98 Å². The molecule has 0 radical (unpaired) electrons. The van der Waals surface area contributed by atoms with E-state index in [9.17, 15) is 0 Å². The zero-order valence-corrected chi connectivity index (χ0v) is 11.2. The van der Waals surface area contributed by atoms with Crippen LogP contribution in [0.1, 0.15) is 30.2 Å². The van der Waals surface area contributed by atoms with Crippen LogP contribution in [0.25, 0.3) is 0 Å². The van der Waals surface area contributed by atoms with Crippen LogP contribution in [0, 0.1) is 6.92 Å². The molecule has 2 heterocycles. The maximum Gasteiger partial charge on any atom is 0.0897 e. The third kappa shape index (κ3) is 3.03. The lowest BCUT2D eigenvalue weighted by Gasteiger charge is -2.20. The third-order valence-electron chi connectivity index (χ3n) is 3.18. The Hall–Kier alpha value is -0.450. The average Bonchev–Trinajstić information content (AvgIpc) is 2.83. The van der Waals surface area contributed by atoms with Crippen molar-refractivity contribution in [2.45, 2.75) is 45.8 Å². The van der Waals surface area contributed by atoms with E-state index in [4.69, 9.17) is 0 Å². The summed E-state index contributed by atoms with van der Waals surface area (Å²) in [5.74, 6) is 0. The fraction of sp³-hybridized carbons (Fsp3) is 0.750. The Morgan fingerprint density at radius 2 is 2.44 bits per heavy atom. The molecule has 0 spiro atoms. The Balaban J connectivity index is 1.75. The molecule has 0 aromatic carbocycles. The van der Waals surface area contributed by atoms with Gasteiger partial charge in [0.05, 0.1) is 5.01 Å². The van der Waals surface area contributed by atoms with Gasteiger partial charge in [-0.05, 0) is 33.7 Å². The zero-order valence-electron chi connectivity index (χ0n) is 10.4. The highest BCUT2D eigenvalue weighted by molar-refractivity contribution is 7.11. The summed E-state index contributed by atoms with van der Waals surface area (Å²) in [6.07, 6.45) is 3.26. The van der Waals surface area contributed by atoms with Crippen LogP contribution in [-0.4, -0.2) is 35.1 Å². The summed E-state index contributed by atoms with van der Waals surface area (Å²) in [4.78, 5) is 8.16. The lowest BCUT2D eigenvalue weighted by Crippen LogP contribution is -2.34. The van der Waals surface area contributed by atoms with E-state index in [1.54, 1.807) is 11.3 Å². The molecule has 1 aromatic heterocycles. The molecule has 0 bridgehead atoms. The molecule has 0 aliphatic carbocycles. The quantitative estimate of drug-likeness (QED) is 0.871. The molecule has 1 aromatic rings. The van der Waals surface area contributed by atoms with Gasteiger partial charge < -0.3 is 5.32 Å². The Morgan fingerprint density at radius 1 is 1.62 bits per heavy atom. The molecule has 2 rings (SSSR count). The van der Waals surface area contributed by atoms with Crippen LogP contribution >= 0.6 is 11.3 Å². The van der Waals surface area contributed by atoms with Gasteiger partial charge >= 0.3 is 0 Å². The minimum Gasteiger partial charge on any atom is -0.308 e. The minimum atomic E-state index is 0.657. The average molecular weight is 239 g/mol. The predicted molar refractivity (Wildman–Crippen MR) is 68.8 cm³/mol. The predicted octanol–water partition coefficient (Wildman–Crippen LogP) is 2.02. The molecule has 90 valence electrons. The number of aryl methyl sites for hydroxylation is 1. The van der Waals surface area contributed by atoms with Crippen molar-refractivity contribution in [2.75, 3.05) is 13.1 Å². The highest BCUT2D eigenvalue weighted by atomic mass is 32.1. The molecule has 1 unspecified atom stereocenters. The monoisotopic (exact) mass is 239 g/mol. The molecule has 3 nitrogen and oxygen atoms in total. The van der Waals surface area contributed by atoms with Crippen molar-refractivity contribution in [1.29, 1.82) is 0 Å². The molecule has 1 atom stereocenters. The van der Waals surface area contributed by atoms with Crippen molar-refractivity contribution in [3.05, 3.63) is 16.1 Å². The minimum absolute atomic E-state index is 0.657. The zero-order chi connectivity index (χ0) is 11.5. The van der Waals surface area contributed by atoms with E-state index >= 15 is 0 Å². The number of aromatic nitrogens is 1. The molecule has 16 heavy (non-hydrogen) atoms. The highest BCUT2D eigenvalue weighted by Gasteiger charge is 2.23. The number of hydrogen-bond donors (Lipinski definition) is 1. The Kier molecular flexibility index (Phi) is 3.95. The molecular weight excluding hydrogens is 218 g/mol. The van der Waals surface area contributed by atoms with Crippen molar-refractivity contribution in [1.82, 2.24) is 15.2 Å². The number of nitrogens with zero attached hydrogens (tertiary/aromatic N) is 2. The van der Waals surface area contributed by atoms with Crippen molar-refractivity contribution in [3.8, 4) is 0 Å². The van der Waals surface area contributed by atoms with Crippen LogP contribution in [-0.2, 0) is 6.54 Å². The summed E-state index contributed by atoms with van der Waals surface area (Å²) in [6.45, 7) is 10.0. The fourth-order valence-electron chi connectivity index (χ4n) is 2.15. The number of rotatable bonds is 4. The standard InChI is InChI=1S/C12H21N3S/c1-9(2)15-5-4-11(8-15)14-7-12-6-13-10(3)16-12/h6,9,11,14H,4-5,7-8H2,1-3H3. The van der Waals surface area contributed by atoms with Crippen molar-refractivity contribution in [2.24, 2.45) is 0 Å². The van der Waals surface area contributed by atoms with Crippen LogP contribution < -0.4 is 5.32 Å². The van der Waals surface area contributed by atoms with Crippen molar-refractivity contribution in [3.63, 3.8) is 0 Å². The van der Waals surface area contributed by atoms with E-state index in [0.717, 1.165) is 11.6 Å². The molecule has 4 heteroatoms. The third-order valence-corrected chi connectivity index (χ3v) is 4.10. The Bertz CT molecular complexity index is 335. The van der Waals surface area contributed by atoms with Crippen LogP contribution in [0.4, 0.5) is 0 Å². The summed E-state index contributed by atoms with van der Waals surface area (Å²) >= 11 is 1.79. The number of hydrogen-bond acceptors (Lipinski definition) is 4. The molecule has 0 saturated carbocycles. The topological polar surface area (TPSA) is 28.2 Å². The van der Waals surface area contributed by atoms with Gasteiger partial charge in [-0.1, -0.05) is 0 Å². The van der Waals surface area contributed by atoms with Gasteiger partial charge in [0.25, 0.3) is 0 Å². The lowest BCUT2D eigenvalue weighted by molar-refractivity contribution is 0.268. The molecule has 1 saturated heterocycles. The summed E-state index contributed by atoms with van der Waals surface area (Å²) in [5.41, 5.74) is 0. The molecule has 0 amide bonds. The second-order valence-electron chi connectivity index (χ2n) is 4.80. The summed E-state index contributed by atoms with van der Waals surface area (Å²) in [7, 11) is 0. The second-order valence-corrected chi connectivity index (χ2v) is 6.12. The first-order valence-corrected chi connectivity index (χ1v) is 6.85. The van der Waals surface area contributed by atoms with Gasteiger partial charge in [-0.2, -0.15) is 0 Å². The first kappa shape index (κ1) is 12.0. The number of thiazole rings is 1. The largest absolute Gasteiger partial charge is 0.308 e. The van der Waals surface area contributed by atoms with Gasteiger partial charge in [0, 0.05) is 36.2 Å². The normalized spacial score (nSPS) is 22.1. The van der Waals surface area contributed by atoms with Crippen molar-refractivity contribution >= 4 is 11.3 Å². The summed E-state index contributed by atoms with van der Waals surface area (Å²) < 4.78 is 0. The van der Waals surface area contributed by atoms with Gasteiger partial charge in [-0.15, -0.1) is 11.3 Å². The van der Waals surface area contributed by atoms with E-state index in [-0.39, 0.29) is 0 Å². The van der Waals surface area contributed by atoms with Gasteiger partial charge in [-0.3, -0.25) is 4.90 Å². The first-order chi connectivity index (χ1) is 7.65. The SMILES string of the molecule is Cc1ncc(CNC2CCN(C(C)C)C2)s1. The van der Waals surface area contributed by atoms with Crippen LogP contribution in [0.5, 0.6) is 0 Å². The van der Waals surface area contributed by atoms with E-state index in [1.807, 2.05) is 6.20 Å². The van der Waals surface area contributed by atoms with Crippen LogP contribution in [0.2, 0.25) is 0 Å². The van der Waals surface area contributed by atoms with Crippen LogP contribution in [0.15, 0.2) is 6.20 Å². The number of nitrogens with one attached hydrogen (secondary N) is 1. The van der Waals surface area contributed by atoms with Crippen molar-refractivity contribution < 1.29 is 0 Å². The Morgan fingerprint density at radius 3 is 3.00 bits per heavy atom. The first-order valence-electron chi connectivity index (χ1n) is 6.04. The maximum atomic E-state index is 4.27. The second kappa shape index (κ2) is 5.25. The highest BCUT2D eigenvalue weighted by Crippen LogP contribution is 2.15. The van der Waals surface area contributed by atoms with Gasteiger partial charge in [0.2, 0.25) is 0 Å². The lowest BCUT2D eigenvalue weighted by atomic mass is 10.2. The molecule has 1 aliphatic rings. The summed E-state index contributed by atoms with van der Waals surface area (Å²) in [6, 6.07) is 1.34. The van der Waals surface area contributed by atoms with E-state index in [2.05, 4.69) is 36.0 Å². The van der Waals surface area contributed by atoms with Gasteiger partial charge in [0.15, 0.2) is 0 Å². The smallest absolute Gasteiger partial charge is 0.0897 e. The molecule has 1 fully saturated rings. The van der Waals surface area contributed by atoms with E-state index in [0.29, 0.717) is 12.1 Å². The molecule has 1 aliphatic heterocycles. The molecular formula is C12H21N3S. The molecule has 1 N–H and O–H groups in total. The Labute approximate surface area is 102 Å². The van der Waals surface area contributed by atoms with Crippen LogP contribution in [0.3, 0.4) is 0 Å². The maximum absolute atomic E-state index is 4.27. The summed E-state index contributed by atoms with van der Waals surface area (Å²) in [5, 5.41) is 4.78. The number of likely N-dealkylation sites (tertiary alicyclic amines) is 1. The van der Waals surface area contributed by atoms with E-state index < -0.39 is 0 Å².